The van der Waals surface area contributed by atoms with Crippen LogP contribution in [0.5, 0.6) is 5.75 Å². The van der Waals surface area contributed by atoms with Crippen LogP contribution in [0.2, 0.25) is 0 Å². The van der Waals surface area contributed by atoms with Crippen LogP contribution in [0.15, 0.2) is 83.3 Å². The van der Waals surface area contributed by atoms with Crippen molar-refractivity contribution in [3.05, 3.63) is 78.9 Å². The molecule has 4 heteroatoms. The Morgan fingerprint density at radius 1 is 0.625 bits per heavy atom. The SMILES string of the molecule is CCCCCCCCOc1ccc(-c2nnc(-c3ccccc3-c3ccccc3)o2)cc1. The molecule has 0 radical (unpaired) electrons. The molecule has 0 bridgehead atoms. The van der Waals surface area contributed by atoms with E-state index in [0.717, 1.165) is 41.0 Å². The van der Waals surface area contributed by atoms with Crippen molar-refractivity contribution in [1.82, 2.24) is 10.2 Å². The summed E-state index contributed by atoms with van der Waals surface area (Å²) in [6, 6.07) is 26.2. The molecule has 1 heterocycles. The third-order valence-corrected chi connectivity index (χ3v) is 5.54. The molecule has 1 aromatic heterocycles. The van der Waals surface area contributed by atoms with Crippen molar-refractivity contribution in [3.8, 4) is 39.8 Å². The van der Waals surface area contributed by atoms with Gasteiger partial charge in [0.2, 0.25) is 11.8 Å². The third-order valence-electron chi connectivity index (χ3n) is 5.54. The number of hydrogen-bond acceptors (Lipinski definition) is 4. The fourth-order valence-corrected chi connectivity index (χ4v) is 3.75. The molecule has 32 heavy (non-hydrogen) atoms. The molecule has 0 aliphatic rings. The number of rotatable bonds is 11. The molecule has 0 atom stereocenters. The molecule has 0 saturated carbocycles. The van der Waals surface area contributed by atoms with Gasteiger partial charge in [0.05, 0.1) is 6.61 Å². The van der Waals surface area contributed by atoms with E-state index in [4.69, 9.17) is 9.15 Å². The number of hydrogen-bond donors (Lipinski definition) is 0. The molecule has 0 unspecified atom stereocenters. The van der Waals surface area contributed by atoms with Crippen LogP contribution in [-0.2, 0) is 0 Å². The summed E-state index contributed by atoms with van der Waals surface area (Å²) in [7, 11) is 0. The van der Waals surface area contributed by atoms with Crippen molar-refractivity contribution < 1.29 is 9.15 Å². The number of benzene rings is 3. The Labute approximate surface area is 190 Å². The second-order valence-corrected chi connectivity index (χ2v) is 7.96. The lowest BCUT2D eigenvalue weighted by Gasteiger charge is -2.07. The molecule has 3 aromatic carbocycles. The molecule has 0 aliphatic heterocycles. The summed E-state index contributed by atoms with van der Waals surface area (Å²) < 4.78 is 11.9. The van der Waals surface area contributed by atoms with E-state index in [1.54, 1.807) is 0 Å². The van der Waals surface area contributed by atoms with Crippen LogP contribution in [0.25, 0.3) is 34.0 Å². The molecule has 4 aromatic rings. The zero-order chi connectivity index (χ0) is 22.0. The van der Waals surface area contributed by atoms with Crippen LogP contribution in [0.3, 0.4) is 0 Å². The second kappa shape index (κ2) is 11.3. The summed E-state index contributed by atoms with van der Waals surface area (Å²) in [5.41, 5.74) is 4.00. The predicted octanol–water partition coefficient (Wildman–Crippen LogP) is 7.81. The largest absolute Gasteiger partial charge is 0.494 e. The zero-order valence-corrected chi connectivity index (χ0v) is 18.7. The standard InChI is InChI=1S/C28H30N2O2/c1-2-3-4-5-6-12-21-31-24-19-17-23(18-20-24)27-29-30-28(32-27)26-16-11-10-15-25(26)22-13-8-7-9-14-22/h7-11,13-20H,2-6,12,21H2,1H3. The number of aromatic nitrogens is 2. The van der Waals surface area contributed by atoms with Crippen LogP contribution in [0.1, 0.15) is 45.4 Å². The number of nitrogens with zero attached hydrogens (tertiary/aromatic N) is 2. The van der Waals surface area contributed by atoms with Crippen LogP contribution in [0, 0.1) is 0 Å². The monoisotopic (exact) mass is 426 g/mol. The Balaban J connectivity index is 1.40. The molecule has 0 spiro atoms. The van der Waals surface area contributed by atoms with E-state index in [0.29, 0.717) is 11.8 Å². The summed E-state index contributed by atoms with van der Waals surface area (Å²) in [6.45, 7) is 3.00. The summed E-state index contributed by atoms with van der Waals surface area (Å²) in [5, 5.41) is 8.60. The summed E-state index contributed by atoms with van der Waals surface area (Å²) >= 11 is 0. The molecule has 0 N–H and O–H groups in total. The first-order chi connectivity index (χ1) is 15.8. The van der Waals surface area contributed by atoms with E-state index in [9.17, 15) is 0 Å². The van der Waals surface area contributed by atoms with E-state index in [2.05, 4.69) is 35.3 Å². The number of unbranched alkanes of at least 4 members (excludes halogenated alkanes) is 5. The summed E-state index contributed by atoms with van der Waals surface area (Å²) in [6.07, 6.45) is 7.56. The first kappa shape index (κ1) is 21.8. The van der Waals surface area contributed by atoms with E-state index in [1.165, 1.54) is 32.1 Å². The van der Waals surface area contributed by atoms with Gasteiger partial charge in [0, 0.05) is 11.1 Å². The molecular formula is C28H30N2O2. The molecule has 0 fully saturated rings. The first-order valence-electron chi connectivity index (χ1n) is 11.6. The first-order valence-corrected chi connectivity index (χ1v) is 11.6. The van der Waals surface area contributed by atoms with E-state index in [-0.39, 0.29) is 0 Å². The van der Waals surface area contributed by atoms with Crippen LogP contribution < -0.4 is 4.74 Å². The van der Waals surface area contributed by atoms with Gasteiger partial charge in [-0.05, 0) is 47.9 Å². The minimum Gasteiger partial charge on any atom is -0.494 e. The fourth-order valence-electron chi connectivity index (χ4n) is 3.75. The fraction of sp³-hybridized carbons (Fsp3) is 0.286. The van der Waals surface area contributed by atoms with Crippen LogP contribution >= 0.6 is 0 Å². The van der Waals surface area contributed by atoms with Gasteiger partial charge in [0.25, 0.3) is 0 Å². The third kappa shape index (κ3) is 5.64. The maximum absolute atomic E-state index is 6.04. The van der Waals surface area contributed by atoms with Gasteiger partial charge in [-0.1, -0.05) is 87.6 Å². The van der Waals surface area contributed by atoms with E-state index >= 15 is 0 Å². The van der Waals surface area contributed by atoms with Crippen LogP contribution in [-0.4, -0.2) is 16.8 Å². The minimum absolute atomic E-state index is 0.505. The van der Waals surface area contributed by atoms with Crippen molar-refractivity contribution in [2.45, 2.75) is 45.4 Å². The highest BCUT2D eigenvalue weighted by molar-refractivity contribution is 5.80. The predicted molar refractivity (Wildman–Crippen MR) is 129 cm³/mol. The Bertz CT molecular complexity index is 1090. The smallest absolute Gasteiger partial charge is 0.248 e. The maximum Gasteiger partial charge on any atom is 0.248 e. The summed E-state index contributed by atoms with van der Waals surface area (Å²) in [5.74, 6) is 1.89. The highest BCUT2D eigenvalue weighted by atomic mass is 16.5. The van der Waals surface area contributed by atoms with Gasteiger partial charge in [0.15, 0.2) is 0 Å². The average Bonchev–Trinajstić information content (AvgIpc) is 3.35. The number of ether oxygens (including phenoxy) is 1. The summed E-state index contributed by atoms with van der Waals surface area (Å²) in [4.78, 5) is 0. The topological polar surface area (TPSA) is 48.2 Å². The highest BCUT2D eigenvalue weighted by Crippen LogP contribution is 2.32. The molecule has 164 valence electrons. The maximum atomic E-state index is 6.04. The van der Waals surface area contributed by atoms with Crippen molar-refractivity contribution in [1.29, 1.82) is 0 Å². The van der Waals surface area contributed by atoms with Crippen LogP contribution in [0.4, 0.5) is 0 Å². The zero-order valence-electron chi connectivity index (χ0n) is 18.7. The van der Waals surface area contributed by atoms with Crippen molar-refractivity contribution >= 4 is 0 Å². The second-order valence-electron chi connectivity index (χ2n) is 7.96. The van der Waals surface area contributed by atoms with Crippen molar-refractivity contribution in [2.75, 3.05) is 6.61 Å². The van der Waals surface area contributed by atoms with E-state index < -0.39 is 0 Å². The van der Waals surface area contributed by atoms with Crippen molar-refractivity contribution in [3.63, 3.8) is 0 Å². The van der Waals surface area contributed by atoms with Gasteiger partial charge in [-0.25, -0.2) is 0 Å². The Kier molecular flexibility index (Phi) is 7.69. The van der Waals surface area contributed by atoms with Gasteiger partial charge in [0.1, 0.15) is 5.75 Å². The molecular weight excluding hydrogens is 396 g/mol. The van der Waals surface area contributed by atoms with Gasteiger partial charge in [-0.3, -0.25) is 0 Å². The molecule has 0 aliphatic carbocycles. The lowest BCUT2D eigenvalue weighted by molar-refractivity contribution is 0.304. The van der Waals surface area contributed by atoms with Gasteiger partial charge in [-0.15, -0.1) is 10.2 Å². The molecule has 4 nitrogen and oxygen atoms in total. The molecule has 4 rings (SSSR count). The minimum atomic E-state index is 0.505. The van der Waals surface area contributed by atoms with Gasteiger partial charge < -0.3 is 9.15 Å². The highest BCUT2D eigenvalue weighted by Gasteiger charge is 2.14. The molecule has 0 saturated heterocycles. The van der Waals surface area contributed by atoms with Gasteiger partial charge in [-0.2, -0.15) is 0 Å². The Morgan fingerprint density at radius 2 is 1.28 bits per heavy atom. The normalized spacial score (nSPS) is 10.9. The Hall–Kier alpha value is -3.40. The molecule has 0 amide bonds. The average molecular weight is 427 g/mol. The van der Waals surface area contributed by atoms with E-state index in [1.807, 2.05) is 60.7 Å². The lowest BCUT2D eigenvalue weighted by atomic mass is 10.00. The van der Waals surface area contributed by atoms with Crippen molar-refractivity contribution in [2.24, 2.45) is 0 Å². The Morgan fingerprint density at radius 3 is 2.06 bits per heavy atom. The lowest BCUT2D eigenvalue weighted by Crippen LogP contribution is -1.97. The van der Waals surface area contributed by atoms with Gasteiger partial charge >= 0.3 is 0 Å². The quantitative estimate of drug-likeness (QED) is 0.229.